The summed E-state index contributed by atoms with van der Waals surface area (Å²) in [5.41, 5.74) is 0. The summed E-state index contributed by atoms with van der Waals surface area (Å²) < 4.78 is 48.5. The van der Waals surface area contributed by atoms with Crippen LogP contribution >= 0.6 is 0 Å². The van der Waals surface area contributed by atoms with Gasteiger partial charge in [0.1, 0.15) is 6.33 Å². The van der Waals surface area contributed by atoms with Crippen molar-refractivity contribution in [1.29, 1.82) is 0 Å². The van der Waals surface area contributed by atoms with Gasteiger partial charge in [-0.25, -0.2) is 26.7 Å². The fourth-order valence-electron chi connectivity index (χ4n) is 1.31. The number of rotatable bonds is 4. The molecule has 0 saturated heterocycles. The maximum absolute atomic E-state index is 11.9. The summed E-state index contributed by atoms with van der Waals surface area (Å²) in [5, 5.41) is 5.86. The lowest BCUT2D eigenvalue weighted by Crippen LogP contribution is -2.14. The highest BCUT2D eigenvalue weighted by Gasteiger charge is 2.16. The fourth-order valence-corrected chi connectivity index (χ4v) is 2.90. The predicted octanol–water partition coefficient (Wildman–Crippen LogP) is 0.00900. The molecule has 102 valence electrons. The van der Waals surface area contributed by atoms with Gasteiger partial charge in [0, 0.05) is 6.26 Å². The number of anilines is 1. The first-order valence-electron chi connectivity index (χ1n) is 4.97. The van der Waals surface area contributed by atoms with Gasteiger partial charge in [-0.2, -0.15) is 10.1 Å². The number of benzene rings is 1. The van der Waals surface area contributed by atoms with Gasteiger partial charge in [0.2, 0.25) is 5.95 Å². The predicted molar refractivity (Wildman–Crippen MR) is 66.7 cm³/mol. The average molecular weight is 302 g/mol. The molecule has 1 heterocycles. The maximum atomic E-state index is 11.9. The van der Waals surface area contributed by atoms with Crippen LogP contribution in [0, 0.1) is 0 Å². The highest BCUT2D eigenvalue weighted by Crippen LogP contribution is 2.16. The van der Waals surface area contributed by atoms with Gasteiger partial charge in [0.25, 0.3) is 10.0 Å². The van der Waals surface area contributed by atoms with Gasteiger partial charge in [-0.1, -0.05) is 0 Å². The summed E-state index contributed by atoms with van der Waals surface area (Å²) in [6, 6.07) is 4.86. The Balaban J connectivity index is 2.32. The SMILES string of the molecule is CS(=O)(=O)c1ccc(S(=O)(=O)Nc2ncn[nH]2)cc1. The average Bonchev–Trinajstić information content (AvgIpc) is 2.80. The molecule has 0 unspecified atom stereocenters. The second-order valence-corrected chi connectivity index (χ2v) is 7.38. The summed E-state index contributed by atoms with van der Waals surface area (Å²) >= 11 is 0. The molecule has 2 aromatic rings. The van der Waals surface area contributed by atoms with Crippen LogP contribution < -0.4 is 4.72 Å². The standard InChI is InChI=1S/C9H10N4O4S2/c1-18(14,15)7-2-4-8(5-3-7)19(16,17)13-9-10-6-11-12-9/h2-6H,1H3,(H2,10,11,12,13). The normalized spacial score (nSPS) is 12.3. The Kier molecular flexibility index (Phi) is 3.28. The molecule has 0 bridgehead atoms. The molecule has 0 radical (unpaired) electrons. The lowest BCUT2D eigenvalue weighted by Gasteiger charge is -2.05. The first-order chi connectivity index (χ1) is 8.79. The van der Waals surface area contributed by atoms with Crippen LogP contribution in [0.25, 0.3) is 0 Å². The first kappa shape index (κ1) is 13.5. The van der Waals surface area contributed by atoms with Crippen molar-refractivity contribution in [2.24, 2.45) is 0 Å². The van der Waals surface area contributed by atoms with E-state index < -0.39 is 19.9 Å². The number of nitrogens with one attached hydrogen (secondary N) is 2. The molecule has 19 heavy (non-hydrogen) atoms. The van der Waals surface area contributed by atoms with Crippen molar-refractivity contribution < 1.29 is 16.8 Å². The number of hydrogen-bond donors (Lipinski definition) is 2. The lowest BCUT2D eigenvalue weighted by atomic mass is 10.4. The van der Waals surface area contributed by atoms with Crippen molar-refractivity contribution in [3.63, 3.8) is 0 Å². The van der Waals surface area contributed by atoms with Crippen LogP contribution in [-0.2, 0) is 19.9 Å². The molecule has 0 aliphatic rings. The van der Waals surface area contributed by atoms with E-state index in [4.69, 9.17) is 0 Å². The summed E-state index contributed by atoms with van der Waals surface area (Å²) in [6.45, 7) is 0. The van der Waals surface area contributed by atoms with Crippen molar-refractivity contribution in [1.82, 2.24) is 15.2 Å². The van der Waals surface area contributed by atoms with Gasteiger partial charge < -0.3 is 0 Å². The highest BCUT2D eigenvalue weighted by atomic mass is 32.2. The number of hydrogen-bond acceptors (Lipinski definition) is 6. The van der Waals surface area contributed by atoms with E-state index in [0.29, 0.717) is 0 Å². The van der Waals surface area contributed by atoms with E-state index in [1.165, 1.54) is 24.3 Å². The van der Waals surface area contributed by atoms with Crippen LogP contribution in [0.5, 0.6) is 0 Å². The van der Waals surface area contributed by atoms with E-state index in [-0.39, 0.29) is 15.7 Å². The molecule has 0 fully saturated rings. The number of sulfone groups is 1. The number of H-pyrrole nitrogens is 1. The van der Waals surface area contributed by atoms with Gasteiger partial charge >= 0.3 is 0 Å². The largest absolute Gasteiger partial charge is 0.264 e. The number of aromatic amines is 1. The van der Waals surface area contributed by atoms with Crippen molar-refractivity contribution in [2.75, 3.05) is 11.0 Å². The van der Waals surface area contributed by atoms with Crippen LogP contribution in [-0.4, -0.2) is 38.3 Å². The van der Waals surface area contributed by atoms with Crippen molar-refractivity contribution in [2.45, 2.75) is 9.79 Å². The third-order valence-corrected chi connectivity index (χ3v) is 4.69. The zero-order valence-corrected chi connectivity index (χ0v) is 11.4. The Morgan fingerprint density at radius 2 is 1.63 bits per heavy atom. The molecule has 0 amide bonds. The van der Waals surface area contributed by atoms with Crippen LogP contribution in [0.4, 0.5) is 5.95 Å². The smallest absolute Gasteiger partial charge is 0.248 e. The molecule has 0 saturated carbocycles. The zero-order chi connectivity index (χ0) is 14.1. The van der Waals surface area contributed by atoms with E-state index in [9.17, 15) is 16.8 Å². The minimum absolute atomic E-state index is 0.0211. The topological polar surface area (TPSA) is 122 Å². The Labute approximate surface area is 109 Å². The van der Waals surface area contributed by atoms with E-state index in [2.05, 4.69) is 19.9 Å². The molecular weight excluding hydrogens is 292 g/mol. The zero-order valence-electron chi connectivity index (χ0n) is 9.73. The molecule has 10 heteroatoms. The van der Waals surface area contributed by atoms with E-state index in [1.54, 1.807) is 0 Å². The summed E-state index contributed by atoms with van der Waals surface area (Å²) in [4.78, 5) is 3.61. The second kappa shape index (κ2) is 4.63. The lowest BCUT2D eigenvalue weighted by molar-refractivity contribution is 0.597. The Morgan fingerprint density at radius 3 is 2.11 bits per heavy atom. The summed E-state index contributed by atoms with van der Waals surface area (Å²) in [5.74, 6) is -0.0211. The van der Waals surface area contributed by atoms with Crippen LogP contribution in [0.2, 0.25) is 0 Å². The minimum atomic E-state index is -3.82. The van der Waals surface area contributed by atoms with E-state index >= 15 is 0 Å². The van der Waals surface area contributed by atoms with Gasteiger partial charge in [-0.15, -0.1) is 0 Å². The maximum Gasteiger partial charge on any atom is 0.264 e. The number of sulfonamides is 1. The molecule has 0 aliphatic heterocycles. The number of nitrogens with zero attached hydrogens (tertiary/aromatic N) is 2. The van der Waals surface area contributed by atoms with Crippen LogP contribution in [0.15, 0.2) is 40.4 Å². The molecular formula is C9H10N4O4S2. The van der Waals surface area contributed by atoms with Crippen molar-refractivity contribution in [3.05, 3.63) is 30.6 Å². The van der Waals surface area contributed by atoms with E-state index in [0.717, 1.165) is 12.6 Å². The quantitative estimate of drug-likeness (QED) is 0.820. The van der Waals surface area contributed by atoms with Gasteiger partial charge in [-0.05, 0) is 24.3 Å². The molecule has 8 nitrogen and oxygen atoms in total. The third kappa shape index (κ3) is 3.09. The van der Waals surface area contributed by atoms with Crippen LogP contribution in [0.1, 0.15) is 0 Å². The second-order valence-electron chi connectivity index (χ2n) is 3.68. The van der Waals surface area contributed by atoms with E-state index in [1.807, 2.05) is 0 Å². The Morgan fingerprint density at radius 1 is 1.05 bits per heavy atom. The first-order valence-corrected chi connectivity index (χ1v) is 8.35. The molecule has 0 aliphatic carbocycles. The van der Waals surface area contributed by atoms with Gasteiger partial charge in [0.05, 0.1) is 9.79 Å². The van der Waals surface area contributed by atoms with Crippen molar-refractivity contribution >= 4 is 25.8 Å². The Hall–Kier alpha value is -1.94. The van der Waals surface area contributed by atoms with Gasteiger partial charge in [-0.3, -0.25) is 0 Å². The fraction of sp³-hybridized carbons (Fsp3) is 0.111. The Bertz CT molecular complexity index is 764. The molecule has 2 N–H and O–H groups in total. The summed E-state index contributed by atoms with van der Waals surface area (Å²) in [7, 11) is -7.18. The monoisotopic (exact) mass is 302 g/mol. The molecule has 1 aromatic heterocycles. The number of aromatic nitrogens is 3. The molecule has 2 rings (SSSR count). The van der Waals surface area contributed by atoms with Crippen LogP contribution in [0.3, 0.4) is 0 Å². The highest BCUT2D eigenvalue weighted by molar-refractivity contribution is 7.92. The molecule has 0 spiro atoms. The minimum Gasteiger partial charge on any atom is -0.248 e. The third-order valence-electron chi connectivity index (χ3n) is 2.21. The summed E-state index contributed by atoms with van der Waals surface area (Å²) in [6.07, 6.45) is 2.20. The molecule has 0 atom stereocenters. The van der Waals surface area contributed by atoms with Crippen molar-refractivity contribution in [3.8, 4) is 0 Å². The molecule has 1 aromatic carbocycles. The van der Waals surface area contributed by atoms with Gasteiger partial charge in [0.15, 0.2) is 9.84 Å².